The molecule has 0 spiro atoms. The lowest BCUT2D eigenvalue weighted by molar-refractivity contribution is -0.132. The summed E-state index contributed by atoms with van der Waals surface area (Å²) in [5.74, 6) is 3.49. The predicted octanol–water partition coefficient (Wildman–Crippen LogP) is 4.63. The minimum absolute atomic E-state index is 0.150. The second kappa shape index (κ2) is 7.65. The molecule has 0 amide bonds. The molecular formula is C17H12Cl2F2N2O2. The summed E-state index contributed by atoms with van der Waals surface area (Å²) in [6.45, 7) is 3.42. The Bertz CT molecular complexity index is 885. The van der Waals surface area contributed by atoms with Gasteiger partial charge in [-0.15, -0.1) is 0 Å². The molecule has 0 unspecified atom stereocenters. The topological polar surface area (TPSA) is 66.6 Å². The zero-order chi connectivity index (χ0) is 18.7. The van der Waals surface area contributed by atoms with Crippen molar-refractivity contribution in [2.24, 2.45) is 5.84 Å². The molecule has 0 fully saturated rings. The molecule has 0 radical (unpaired) electrons. The maximum absolute atomic E-state index is 13.4. The quantitative estimate of drug-likeness (QED) is 0.341. The average Bonchev–Trinajstić information content (AvgIpc) is 2.56. The highest BCUT2D eigenvalue weighted by Gasteiger charge is 2.16. The molecule has 25 heavy (non-hydrogen) atoms. The summed E-state index contributed by atoms with van der Waals surface area (Å²) in [5, 5.41) is 9.78. The number of halogens is 4. The van der Waals surface area contributed by atoms with Gasteiger partial charge in [-0.1, -0.05) is 29.8 Å². The second-order valence-corrected chi connectivity index (χ2v) is 5.77. The number of nitrogens with zero attached hydrogens (tertiary/aromatic N) is 1. The summed E-state index contributed by atoms with van der Waals surface area (Å²) < 4.78 is 26.7. The lowest BCUT2D eigenvalue weighted by Crippen LogP contribution is -2.29. The molecule has 3 N–H and O–H groups in total. The van der Waals surface area contributed by atoms with E-state index in [1.165, 1.54) is 30.3 Å². The predicted molar refractivity (Wildman–Crippen MR) is 94.2 cm³/mol. The summed E-state index contributed by atoms with van der Waals surface area (Å²) in [6, 6.07) is 7.48. The van der Waals surface area contributed by atoms with Gasteiger partial charge in [0.25, 0.3) is 0 Å². The molecule has 0 aromatic heterocycles. The van der Waals surface area contributed by atoms with Crippen molar-refractivity contribution in [3.05, 3.63) is 81.9 Å². The number of carboxylic acids is 1. The van der Waals surface area contributed by atoms with E-state index in [0.29, 0.717) is 5.56 Å². The molecule has 2 aromatic carbocycles. The fraction of sp³-hybridized carbons (Fsp3) is 0. The Morgan fingerprint density at radius 2 is 1.68 bits per heavy atom. The average molecular weight is 385 g/mol. The third-order valence-electron chi connectivity index (χ3n) is 3.24. The van der Waals surface area contributed by atoms with Gasteiger partial charge < -0.3 is 5.11 Å². The van der Waals surface area contributed by atoms with Crippen LogP contribution >= 0.6 is 23.2 Å². The minimum atomic E-state index is -1.27. The Kier molecular flexibility index (Phi) is 5.79. The summed E-state index contributed by atoms with van der Waals surface area (Å²) in [5.41, 5.74) is 0.490. The summed E-state index contributed by atoms with van der Waals surface area (Å²) in [6.07, 6.45) is 1.18. The molecule has 0 aliphatic rings. The molecule has 0 atom stereocenters. The van der Waals surface area contributed by atoms with Crippen molar-refractivity contribution < 1.29 is 18.7 Å². The van der Waals surface area contributed by atoms with E-state index >= 15 is 0 Å². The number of carbonyl (C=O) groups is 1. The van der Waals surface area contributed by atoms with Crippen LogP contribution in [0.5, 0.6) is 0 Å². The van der Waals surface area contributed by atoms with Crippen LogP contribution in [0, 0.1) is 11.6 Å². The Labute approximate surface area is 152 Å². The first-order valence-corrected chi connectivity index (χ1v) is 7.55. The summed E-state index contributed by atoms with van der Waals surface area (Å²) >= 11 is 11.5. The number of hydrogen-bond donors (Lipinski definition) is 2. The first-order valence-electron chi connectivity index (χ1n) is 6.80. The van der Waals surface area contributed by atoms with Gasteiger partial charge in [-0.3, -0.25) is 5.01 Å². The third kappa shape index (κ3) is 4.36. The number of anilines is 1. The zero-order valence-electron chi connectivity index (χ0n) is 12.6. The number of aliphatic carboxylic acids is 1. The van der Waals surface area contributed by atoms with Crippen molar-refractivity contribution in [3.8, 4) is 0 Å². The van der Waals surface area contributed by atoms with Crippen LogP contribution < -0.4 is 10.9 Å². The van der Waals surface area contributed by atoms with E-state index < -0.39 is 17.6 Å². The minimum Gasteiger partial charge on any atom is -0.478 e. The van der Waals surface area contributed by atoms with Crippen molar-refractivity contribution >= 4 is 40.6 Å². The lowest BCUT2D eigenvalue weighted by Gasteiger charge is -2.23. The first-order chi connectivity index (χ1) is 11.7. The van der Waals surface area contributed by atoms with Gasteiger partial charge in [-0.25, -0.2) is 19.4 Å². The standard InChI is InChI=1S/C17H12Cl2F2N2O2/c1-9(17(24)25)6-16(10-2-4-14(20)12(18)7-10)23(22)11-3-5-15(21)13(19)8-11/h2-8H,1,22H2,(H,24,25)/b16-6-. The Morgan fingerprint density at radius 1 is 1.12 bits per heavy atom. The van der Waals surface area contributed by atoms with E-state index in [2.05, 4.69) is 6.58 Å². The molecule has 4 nitrogen and oxygen atoms in total. The fourth-order valence-corrected chi connectivity index (χ4v) is 2.30. The molecule has 130 valence electrons. The Balaban J connectivity index is 2.57. The number of hydrazine groups is 1. The monoisotopic (exact) mass is 384 g/mol. The highest BCUT2D eigenvalue weighted by molar-refractivity contribution is 6.31. The number of nitrogens with two attached hydrogens (primary N) is 1. The maximum Gasteiger partial charge on any atom is 0.335 e. The smallest absolute Gasteiger partial charge is 0.335 e. The molecule has 8 heteroatoms. The van der Waals surface area contributed by atoms with Crippen LogP contribution in [0.1, 0.15) is 5.56 Å². The summed E-state index contributed by atoms with van der Waals surface area (Å²) in [7, 11) is 0. The number of rotatable bonds is 5. The van der Waals surface area contributed by atoms with Gasteiger partial charge in [0.1, 0.15) is 11.6 Å². The molecule has 0 bridgehead atoms. The molecule has 0 heterocycles. The molecule has 0 saturated carbocycles. The SMILES string of the molecule is C=C(/C=C(/c1ccc(F)c(Cl)c1)N(N)c1ccc(F)c(Cl)c1)C(=O)O. The third-order valence-corrected chi connectivity index (χ3v) is 3.82. The van der Waals surface area contributed by atoms with Crippen molar-refractivity contribution in [3.63, 3.8) is 0 Å². The van der Waals surface area contributed by atoms with Crippen molar-refractivity contribution in [1.29, 1.82) is 0 Å². The molecule has 0 aliphatic heterocycles. The summed E-state index contributed by atoms with van der Waals surface area (Å²) in [4.78, 5) is 11.1. The van der Waals surface area contributed by atoms with Crippen LogP contribution in [0.25, 0.3) is 5.70 Å². The molecule has 2 rings (SSSR count). The van der Waals surface area contributed by atoms with E-state index in [-0.39, 0.29) is 27.0 Å². The normalized spacial score (nSPS) is 11.3. The van der Waals surface area contributed by atoms with Gasteiger partial charge in [-0.2, -0.15) is 0 Å². The van der Waals surface area contributed by atoms with Crippen molar-refractivity contribution in [2.75, 3.05) is 5.01 Å². The zero-order valence-corrected chi connectivity index (χ0v) is 14.2. The number of benzene rings is 2. The van der Waals surface area contributed by atoms with Crippen LogP contribution in [-0.4, -0.2) is 11.1 Å². The van der Waals surface area contributed by atoms with Gasteiger partial charge in [0.2, 0.25) is 0 Å². The maximum atomic E-state index is 13.4. The van der Waals surface area contributed by atoms with Gasteiger partial charge in [-0.05, 0) is 42.5 Å². The van der Waals surface area contributed by atoms with E-state index in [9.17, 15) is 13.6 Å². The van der Waals surface area contributed by atoms with Crippen LogP contribution in [0.15, 0.2) is 54.6 Å². The molecule has 2 aromatic rings. The highest BCUT2D eigenvalue weighted by Crippen LogP contribution is 2.29. The second-order valence-electron chi connectivity index (χ2n) is 4.96. The largest absolute Gasteiger partial charge is 0.478 e. The first kappa shape index (κ1) is 18.9. The van der Waals surface area contributed by atoms with Gasteiger partial charge in [0.15, 0.2) is 0 Å². The number of carboxylic acid groups (broad SMARTS) is 1. The fourth-order valence-electron chi connectivity index (χ4n) is 1.95. The van der Waals surface area contributed by atoms with Gasteiger partial charge >= 0.3 is 5.97 Å². The highest BCUT2D eigenvalue weighted by atomic mass is 35.5. The van der Waals surface area contributed by atoms with E-state index in [4.69, 9.17) is 34.2 Å². The number of hydrogen-bond acceptors (Lipinski definition) is 3. The molecular weight excluding hydrogens is 373 g/mol. The lowest BCUT2D eigenvalue weighted by atomic mass is 10.1. The van der Waals surface area contributed by atoms with E-state index in [1.54, 1.807) is 0 Å². The van der Waals surface area contributed by atoms with Crippen LogP contribution in [0.4, 0.5) is 14.5 Å². The van der Waals surface area contributed by atoms with Gasteiger partial charge in [0, 0.05) is 5.56 Å². The molecule has 0 aliphatic carbocycles. The van der Waals surface area contributed by atoms with Crippen LogP contribution in [-0.2, 0) is 4.79 Å². The van der Waals surface area contributed by atoms with E-state index in [0.717, 1.165) is 17.1 Å². The van der Waals surface area contributed by atoms with Crippen LogP contribution in [0.2, 0.25) is 10.0 Å². The van der Waals surface area contributed by atoms with E-state index in [1.807, 2.05) is 0 Å². The van der Waals surface area contributed by atoms with Crippen LogP contribution in [0.3, 0.4) is 0 Å². The van der Waals surface area contributed by atoms with Crippen molar-refractivity contribution in [1.82, 2.24) is 0 Å². The van der Waals surface area contributed by atoms with Crippen molar-refractivity contribution in [2.45, 2.75) is 0 Å². The Morgan fingerprint density at radius 3 is 2.20 bits per heavy atom. The molecule has 0 saturated heterocycles. The Hall–Kier alpha value is -2.41. The van der Waals surface area contributed by atoms with Gasteiger partial charge in [0.05, 0.1) is 27.0 Å².